The summed E-state index contributed by atoms with van der Waals surface area (Å²) in [5.74, 6) is 2.66. The smallest absolute Gasteiger partial charge is 0.163 e. The Morgan fingerprint density at radius 1 is 1.28 bits per heavy atom. The zero-order chi connectivity index (χ0) is 12.5. The predicted octanol–water partition coefficient (Wildman–Crippen LogP) is 4.24. The second-order valence-electron chi connectivity index (χ2n) is 6.21. The van der Waals surface area contributed by atoms with E-state index >= 15 is 0 Å². The minimum atomic E-state index is 0.531. The molecular weight excluding hydrogens is 224 g/mol. The molecule has 0 bridgehead atoms. The summed E-state index contributed by atoms with van der Waals surface area (Å²) in [6.07, 6.45) is 9.51. The van der Waals surface area contributed by atoms with Gasteiger partial charge < -0.3 is 9.84 Å². The summed E-state index contributed by atoms with van der Waals surface area (Å²) < 4.78 is 5.48. The Labute approximate surface area is 109 Å². The number of nitrogens with zero attached hydrogens (tertiary/aromatic N) is 1. The molecule has 0 saturated heterocycles. The number of hydrogen-bond acceptors (Lipinski definition) is 3. The van der Waals surface area contributed by atoms with Gasteiger partial charge in [0, 0.05) is 12.0 Å². The van der Waals surface area contributed by atoms with Gasteiger partial charge in [-0.1, -0.05) is 30.8 Å². The van der Waals surface area contributed by atoms with E-state index in [1.807, 2.05) is 6.92 Å². The van der Waals surface area contributed by atoms with Gasteiger partial charge in [-0.15, -0.1) is 0 Å². The fourth-order valence-corrected chi connectivity index (χ4v) is 3.24. The van der Waals surface area contributed by atoms with Gasteiger partial charge in [0.2, 0.25) is 0 Å². The van der Waals surface area contributed by atoms with Crippen LogP contribution < -0.4 is 5.32 Å². The zero-order valence-electron chi connectivity index (χ0n) is 11.5. The summed E-state index contributed by atoms with van der Waals surface area (Å²) in [6, 6.07) is 0.531. The van der Waals surface area contributed by atoms with E-state index in [1.54, 1.807) is 0 Å². The number of aromatic nitrogens is 1. The van der Waals surface area contributed by atoms with E-state index in [-0.39, 0.29) is 0 Å². The van der Waals surface area contributed by atoms with Crippen molar-refractivity contribution in [1.82, 2.24) is 5.16 Å². The molecule has 0 spiro atoms. The van der Waals surface area contributed by atoms with Gasteiger partial charge in [-0.05, 0) is 39.0 Å². The molecule has 1 atom stereocenters. The van der Waals surface area contributed by atoms with Gasteiger partial charge in [-0.25, -0.2) is 0 Å². The molecule has 0 aromatic carbocycles. The second-order valence-corrected chi connectivity index (χ2v) is 6.21. The van der Waals surface area contributed by atoms with Gasteiger partial charge in [0.25, 0.3) is 0 Å². The lowest BCUT2D eigenvalue weighted by Gasteiger charge is -2.18. The Hall–Kier alpha value is -0.990. The molecule has 18 heavy (non-hydrogen) atoms. The van der Waals surface area contributed by atoms with E-state index in [9.17, 15) is 0 Å². The molecule has 2 fully saturated rings. The average Bonchev–Trinajstić information content (AvgIpc) is 2.95. The van der Waals surface area contributed by atoms with Gasteiger partial charge in [0.15, 0.2) is 5.76 Å². The molecule has 3 heteroatoms. The minimum absolute atomic E-state index is 0.531. The molecule has 1 aromatic rings. The summed E-state index contributed by atoms with van der Waals surface area (Å²) in [4.78, 5) is 0. The normalized spacial score (nSPS) is 22.3. The van der Waals surface area contributed by atoms with E-state index in [0.717, 1.165) is 17.4 Å². The van der Waals surface area contributed by atoms with Gasteiger partial charge >= 0.3 is 0 Å². The van der Waals surface area contributed by atoms with Crippen LogP contribution in [-0.4, -0.2) is 11.2 Å². The fraction of sp³-hybridized carbons (Fsp3) is 0.800. The quantitative estimate of drug-likeness (QED) is 0.847. The monoisotopic (exact) mass is 248 g/mol. The molecule has 0 amide bonds. The van der Waals surface area contributed by atoms with Crippen LogP contribution in [0.3, 0.4) is 0 Å². The Morgan fingerprint density at radius 3 is 2.67 bits per heavy atom. The van der Waals surface area contributed by atoms with Crippen LogP contribution in [0.5, 0.6) is 0 Å². The molecule has 1 aromatic heterocycles. The van der Waals surface area contributed by atoms with Crippen LogP contribution in [0.25, 0.3) is 0 Å². The molecule has 1 unspecified atom stereocenters. The molecule has 2 aliphatic carbocycles. The molecule has 0 radical (unpaired) electrons. The van der Waals surface area contributed by atoms with E-state index in [1.165, 1.54) is 50.6 Å². The summed E-state index contributed by atoms with van der Waals surface area (Å²) in [6.45, 7) is 4.33. The maximum absolute atomic E-state index is 5.48. The van der Waals surface area contributed by atoms with Crippen LogP contribution in [0.2, 0.25) is 0 Å². The highest BCUT2D eigenvalue weighted by Crippen LogP contribution is 2.44. The fourth-order valence-electron chi connectivity index (χ4n) is 3.24. The van der Waals surface area contributed by atoms with Crippen molar-refractivity contribution < 1.29 is 4.52 Å². The number of nitrogens with one attached hydrogen (secondary N) is 1. The first-order valence-electron chi connectivity index (χ1n) is 7.46. The molecule has 2 aliphatic rings. The standard InChI is InChI=1S/C15H24N2O/c1-10(9-12-5-3-4-6-12)16-14-11(2)17-18-15(14)13-7-8-13/h10,12-13,16H,3-9H2,1-2H3. The maximum atomic E-state index is 5.48. The first-order valence-corrected chi connectivity index (χ1v) is 7.46. The topological polar surface area (TPSA) is 38.1 Å². The summed E-state index contributed by atoms with van der Waals surface area (Å²) in [5, 5.41) is 7.78. The van der Waals surface area contributed by atoms with Crippen molar-refractivity contribution in [2.24, 2.45) is 5.92 Å². The largest absolute Gasteiger partial charge is 0.378 e. The third kappa shape index (κ3) is 2.55. The van der Waals surface area contributed by atoms with Gasteiger partial charge in [-0.3, -0.25) is 0 Å². The minimum Gasteiger partial charge on any atom is -0.378 e. The van der Waals surface area contributed by atoms with Crippen molar-refractivity contribution >= 4 is 5.69 Å². The van der Waals surface area contributed by atoms with E-state index in [2.05, 4.69) is 17.4 Å². The van der Waals surface area contributed by atoms with E-state index < -0.39 is 0 Å². The number of anilines is 1. The first kappa shape index (κ1) is 12.1. The Bertz CT molecular complexity index is 403. The van der Waals surface area contributed by atoms with Crippen LogP contribution >= 0.6 is 0 Å². The van der Waals surface area contributed by atoms with Crippen molar-refractivity contribution in [3.8, 4) is 0 Å². The van der Waals surface area contributed by atoms with Crippen LogP contribution in [0.1, 0.15) is 69.2 Å². The van der Waals surface area contributed by atoms with Gasteiger partial charge in [0.05, 0.1) is 0 Å². The van der Waals surface area contributed by atoms with Gasteiger partial charge in [-0.2, -0.15) is 0 Å². The van der Waals surface area contributed by atoms with Crippen molar-refractivity contribution in [2.75, 3.05) is 5.32 Å². The number of hydrogen-bond donors (Lipinski definition) is 1. The summed E-state index contributed by atoms with van der Waals surface area (Å²) in [7, 11) is 0. The highest BCUT2D eigenvalue weighted by molar-refractivity contribution is 5.53. The Kier molecular flexibility index (Phi) is 3.31. The van der Waals surface area contributed by atoms with Crippen LogP contribution in [0, 0.1) is 12.8 Å². The summed E-state index contributed by atoms with van der Waals surface area (Å²) in [5.41, 5.74) is 2.21. The van der Waals surface area contributed by atoms with Crippen molar-refractivity contribution in [3.63, 3.8) is 0 Å². The highest BCUT2D eigenvalue weighted by Gasteiger charge is 2.32. The molecule has 1 heterocycles. The SMILES string of the molecule is Cc1noc(C2CC2)c1NC(C)CC1CCCC1. The van der Waals surface area contributed by atoms with Crippen molar-refractivity contribution in [3.05, 3.63) is 11.5 Å². The predicted molar refractivity (Wildman–Crippen MR) is 72.9 cm³/mol. The van der Waals surface area contributed by atoms with Crippen LogP contribution in [0.4, 0.5) is 5.69 Å². The van der Waals surface area contributed by atoms with E-state index in [4.69, 9.17) is 4.52 Å². The molecule has 1 N–H and O–H groups in total. The number of aryl methyl sites for hydroxylation is 1. The van der Waals surface area contributed by atoms with E-state index in [0.29, 0.717) is 12.0 Å². The summed E-state index contributed by atoms with van der Waals surface area (Å²) >= 11 is 0. The molecule has 3 rings (SSSR count). The van der Waals surface area contributed by atoms with Crippen LogP contribution in [0.15, 0.2) is 4.52 Å². The highest BCUT2D eigenvalue weighted by atomic mass is 16.5. The lowest BCUT2D eigenvalue weighted by molar-refractivity contribution is 0.381. The van der Waals surface area contributed by atoms with Crippen molar-refractivity contribution in [2.45, 2.75) is 70.8 Å². The number of rotatable bonds is 5. The molecule has 100 valence electrons. The maximum Gasteiger partial charge on any atom is 0.163 e. The molecule has 3 nitrogen and oxygen atoms in total. The lowest BCUT2D eigenvalue weighted by Crippen LogP contribution is -2.19. The van der Waals surface area contributed by atoms with Crippen LogP contribution in [-0.2, 0) is 0 Å². The van der Waals surface area contributed by atoms with Crippen molar-refractivity contribution in [1.29, 1.82) is 0 Å². The molecular formula is C15H24N2O. The molecule has 2 saturated carbocycles. The Balaban J connectivity index is 1.62. The Morgan fingerprint density at radius 2 is 2.00 bits per heavy atom. The third-order valence-electron chi connectivity index (χ3n) is 4.39. The second kappa shape index (κ2) is 4.94. The zero-order valence-corrected chi connectivity index (χ0v) is 11.5. The first-order chi connectivity index (χ1) is 8.74. The van der Waals surface area contributed by atoms with Gasteiger partial charge in [0.1, 0.15) is 11.4 Å². The molecule has 0 aliphatic heterocycles. The average molecular weight is 248 g/mol. The third-order valence-corrected chi connectivity index (χ3v) is 4.39. The lowest BCUT2D eigenvalue weighted by atomic mass is 9.99.